The summed E-state index contributed by atoms with van der Waals surface area (Å²) in [6.45, 7) is 4.06. The van der Waals surface area contributed by atoms with Crippen molar-refractivity contribution in [2.24, 2.45) is 17.8 Å². The number of amides is 1. The molecule has 4 heteroatoms. The number of likely N-dealkylation sites (tertiary alicyclic amines) is 1. The first-order valence-corrected chi connectivity index (χ1v) is 12.1. The second-order valence-electron chi connectivity index (χ2n) is 9.48. The molecule has 0 aromatic rings. The molecule has 0 unspecified atom stereocenters. The summed E-state index contributed by atoms with van der Waals surface area (Å²) >= 11 is 0. The minimum absolute atomic E-state index is 0.157. The van der Waals surface area contributed by atoms with Gasteiger partial charge in [0.15, 0.2) is 0 Å². The third-order valence-electron chi connectivity index (χ3n) is 7.21. The molecule has 1 saturated carbocycles. The van der Waals surface area contributed by atoms with Gasteiger partial charge in [-0.3, -0.25) is 4.79 Å². The highest BCUT2D eigenvalue weighted by atomic mass is 16.3. The smallest absolute Gasteiger partial charge is 0.222 e. The number of nitrogens with zero attached hydrogens (tertiary/aromatic N) is 1. The molecule has 1 aliphatic heterocycles. The maximum absolute atomic E-state index is 12.3. The first-order chi connectivity index (χ1) is 14.1. The van der Waals surface area contributed by atoms with Crippen molar-refractivity contribution in [3.8, 4) is 0 Å². The molecule has 0 aromatic heterocycles. The van der Waals surface area contributed by atoms with Gasteiger partial charge in [0, 0.05) is 25.4 Å². The molecule has 1 amide bonds. The van der Waals surface area contributed by atoms with Crippen LogP contribution < -0.4 is 0 Å². The Morgan fingerprint density at radius 2 is 2.03 bits per heavy atom. The van der Waals surface area contributed by atoms with Gasteiger partial charge in [0.1, 0.15) is 0 Å². The summed E-state index contributed by atoms with van der Waals surface area (Å²) in [7, 11) is 0. The standard InChI is InChI=1S/C25H41NO3/c1-2-3-5-10-21(27)12-13-22-23-17-19(16-20(23)18-24(22)28)9-8-11-25(29)26-14-6-4-7-15-26/h12-13,16,20-24,27-28H,2-11,14-15,17-18H2,1H3/t20-,21-,22+,23-,24+/m0/s1. The molecule has 29 heavy (non-hydrogen) atoms. The van der Waals surface area contributed by atoms with E-state index in [2.05, 4.69) is 19.1 Å². The molecule has 2 N–H and O–H groups in total. The van der Waals surface area contributed by atoms with Gasteiger partial charge in [-0.05, 0) is 63.2 Å². The van der Waals surface area contributed by atoms with E-state index >= 15 is 0 Å². The molecule has 3 rings (SSSR count). The van der Waals surface area contributed by atoms with E-state index in [1.165, 1.54) is 18.4 Å². The Balaban J connectivity index is 1.41. The topological polar surface area (TPSA) is 60.8 Å². The van der Waals surface area contributed by atoms with Crippen molar-refractivity contribution >= 4 is 5.91 Å². The number of aliphatic hydroxyl groups is 2. The Bertz CT molecular complexity index is 579. The molecule has 1 heterocycles. The van der Waals surface area contributed by atoms with E-state index in [1.807, 2.05) is 11.0 Å². The Morgan fingerprint density at radius 3 is 2.79 bits per heavy atom. The Labute approximate surface area is 177 Å². The number of aliphatic hydroxyl groups excluding tert-OH is 2. The molecule has 4 nitrogen and oxygen atoms in total. The summed E-state index contributed by atoms with van der Waals surface area (Å²) in [5, 5.41) is 20.7. The van der Waals surface area contributed by atoms with E-state index in [9.17, 15) is 15.0 Å². The zero-order valence-electron chi connectivity index (χ0n) is 18.3. The van der Waals surface area contributed by atoms with Gasteiger partial charge in [-0.1, -0.05) is 50.0 Å². The van der Waals surface area contributed by atoms with Gasteiger partial charge in [-0.15, -0.1) is 0 Å². The molecular formula is C25H41NO3. The lowest BCUT2D eigenvalue weighted by atomic mass is 9.88. The minimum atomic E-state index is -0.387. The summed E-state index contributed by atoms with van der Waals surface area (Å²) in [4.78, 5) is 14.4. The quantitative estimate of drug-likeness (QED) is 0.414. The van der Waals surface area contributed by atoms with Gasteiger partial charge in [0.25, 0.3) is 0 Å². The van der Waals surface area contributed by atoms with Crippen LogP contribution in [0.3, 0.4) is 0 Å². The Morgan fingerprint density at radius 1 is 1.24 bits per heavy atom. The largest absolute Gasteiger partial charge is 0.392 e. The zero-order chi connectivity index (χ0) is 20.6. The van der Waals surface area contributed by atoms with Crippen molar-refractivity contribution in [1.82, 2.24) is 4.90 Å². The van der Waals surface area contributed by atoms with Gasteiger partial charge < -0.3 is 15.1 Å². The van der Waals surface area contributed by atoms with Crippen molar-refractivity contribution in [2.75, 3.05) is 13.1 Å². The van der Waals surface area contributed by atoms with E-state index in [1.54, 1.807) is 0 Å². The second-order valence-corrected chi connectivity index (χ2v) is 9.48. The number of fused-ring (bicyclic) bond motifs is 1. The van der Waals surface area contributed by atoms with Crippen LogP contribution in [0.5, 0.6) is 0 Å². The highest BCUT2D eigenvalue weighted by Crippen LogP contribution is 2.48. The van der Waals surface area contributed by atoms with Crippen LogP contribution in [0.15, 0.2) is 23.8 Å². The molecule has 0 spiro atoms. The number of hydrogen-bond donors (Lipinski definition) is 2. The van der Waals surface area contributed by atoms with Crippen LogP contribution in [0.1, 0.15) is 84.0 Å². The average Bonchev–Trinajstić information content (AvgIpc) is 3.23. The molecule has 0 radical (unpaired) electrons. The molecule has 1 saturated heterocycles. The van der Waals surface area contributed by atoms with E-state index < -0.39 is 0 Å². The van der Waals surface area contributed by atoms with Gasteiger partial charge in [-0.2, -0.15) is 0 Å². The predicted molar refractivity (Wildman–Crippen MR) is 117 cm³/mol. The molecule has 2 fully saturated rings. The van der Waals surface area contributed by atoms with E-state index in [-0.39, 0.29) is 18.1 Å². The molecular weight excluding hydrogens is 362 g/mol. The number of carbonyl (C=O) groups excluding carboxylic acids is 1. The van der Waals surface area contributed by atoms with Crippen LogP contribution in [0.2, 0.25) is 0 Å². The normalized spacial score (nSPS) is 30.6. The molecule has 0 aromatic carbocycles. The van der Waals surface area contributed by atoms with E-state index in [0.717, 1.165) is 70.9 Å². The molecule has 164 valence electrons. The van der Waals surface area contributed by atoms with Gasteiger partial charge >= 0.3 is 0 Å². The summed E-state index contributed by atoms with van der Waals surface area (Å²) in [6.07, 6.45) is 18.0. The Kier molecular flexibility index (Phi) is 8.80. The fourth-order valence-electron chi connectivity index (χ4n) is 5.51. The first kappa shape index (κ1) is 22.6. The average molecular weight is 404 g/mol. The first-order valence-electron chi connectivity index (χ1n) is 12.1. The zero-order valence-corrected chi connectivity index (χ0v) is 18.3. The molecule has 2 aliphatic carbocycles. The highest BCUT2D eigenvalue weighted by molar-refractivity contribution is 5.76. The predicted octanol–water partition coefficient (Wildman–Crippen LogP) is 4.61. The number of piperidine rings is 1. The maximum Gasteiger partial charge on any atom is 0.222 e. The van der Waals surface area contributed by atoms with Crippen molar-refractivity contribution in [3.05, 3.63) is 23.8 Å². The van der Waals surface area contributed by atoms with Gasteiger partial charge in [0.2, 0.25) is 5.91 Å². The Hall–Kier alpha value is -1.13. The fraction of sp³-hybridized carbons (Fsp3) is 0.800. The summed E-state index contributed by atoms with van der Waals surface area (Å²) in [5.74, 6) is 1.42. The lowest BCUT2D eigenvalue weighted by Crippen LogP contribution is -2.35. The molecule has 3 aliphatic rings. The summed E-state index contributed by atoms with van der Waals surface area (Å²) in [6, 6.07) is 0. The van der Waals surface area contributed by atoms with Crippen LogP contribution in [-0.4, -0.2) is 46.3 Å². The SMILES string of the molecule is CCCCC[C@H](O)C=C[C@@H]1[C@H]2CC(CCCC(=O)N3CCCCC3)=C[C@H]2C[C@H]1O. The van der Waals surface area contributed by atoms with Crippen LogP contribution in [0.4, 0.5) is 0 Å². The highest BCUT2D eigenvalue weighted by Gasteiger charge is 2.43. The number of rotatable bonds is 10. The summed E-state index contributed by atoms with van der Waals surface area (Å²) < 4.78 is 0. The van der Waals surface area contributed by atoms with Crippen molar-refractivity contribution in [1.29, 1.82) is 0 Å². The number of hydrogen-bond acceptors (Lipinski definition) is 3. The van der Waals surface area contributed by atoms with E-state index in [4.69, 9.17) is 0 Å². The van der Waals surface area contributed by atoms with Crippen molar-refractivity contribution in [2.45, 2.75) is 96.2 Å². The summed E-state index contributed by atoms with van der Waals surface area (Å²) in [5.41, 5.74) is 1.47. The lowest BCUT2D eigenvalue weighted by molar-refractivity contribution is -0.132. The van der Waals surface area contributed by atoms with Gasteiger partial charge in [-0.25, -0.2) is 0 Å². The molecule has 0 bridgehead atoms. The number of allylic oxidation sites excluding steroid dienone is 2. The number of carbonyl (C=O) groups is 1. The third kappa shape index (κ3) is 6.42. The second kappa shape index (κ2) is 11.3. The number of unbranched alkanes of at least 4 members (excludes halogenated alkanes) is 2. The lowest BCUT2D eigenvalue weighted by Gasteiger charge is -2.26. The van der Waals surface area contributed by atoms with Crippen molar-refractivity contribution < 1.29 is 15.0 Å². The van der Waals surface area contributed by atoms with Crippen LogP contribution in [-0.2, 0) is 4.79 Å². The van der Waals surface area contributed by atoms with Gasteiger partial charge in [0.05, 0.1) is 12.2 Å². The molecule has 5 atom stereocenters. The van der Waals surface area contributed by atoms with Crippen molar-refractivity contribution in [3.63, 3.8) is 0 Å². The third-order valence-corrected chi connectivity index (χ3v) is 7.21. The van der Waals surface area contributed by atoms with Crippen LogP contribution in [0, 0.1) is 17.8 Å². The van der Waals surface area contributed by atoms with Crippen LogP contribution in [0.25, 0.3) is 0 Å². The monoisotopic (exact) mass is 403 g/mol. The minimum Gasteiger partial charge on any atom is -0.392 e. The van der Waals surface area contributed by atoms with Crippen LogP contribution >= 0.6 is 0 Å². The fourth-order valence-corrected chi connectivity index (χ4v) is 5.51. The maximum atomic E-state index is 12.3. The van der Waals surface area contributed by atoms with E-state index in [0.29, 0.717) is 24.2 Å².